The number of hydrogen-bond acceptors (Lipinski definition) is 6. The lowest BCUT2D eigenvalue weighted by Gasteiger charge is -2.29. The highest BCUT2D eigenvalue weighted by Gasteiger charge is 2.20. The molecule has 0 aliphatic heterocycles. The zero-order chi connectivity index (χ0) is 54.6. The summed E-state index contributed by atoms with van der Waals surface area (Å²) >= 11 is 3.59. The first-order valence-corrected chi connectivity index (χ1v) is 29.4. The Morgan fingerprint density at radius 2 is 0.366 bits per heavy atom. The van der Waals surface area contributed by atoms with Gasteiger partial charge >= 0.3 is 0 Å². The summed E-state index contributed by atoms with van der Waals surface area (Å²) in [6.45, 7) is 0. The van der Waals surface area contributed by atoms with Crippen molar-refractivity contribution in [2.45, 2.75) is 0 Å². The molecule has 0 amide bonds. The summed E-state index contributed by atoms with van der Waals surface area (Å²) in [7, 11) is 0. The quantitative estimate of drug-likeness (QED) is 0.101. The first kappa shape index (κ1) is 50.0. The van der Waals surface area contributed by atoms with E-state index in [1.807, 2.05) is 0 Å². The van der Waals surface area contributed by atoms with Gasteiger partial charge in [-0.05, 0) is 191 Å². The average molecular weight is 1090 g/mol. The van der Waals surface area contributed by atoms with Crippen molar-refractivity contribution in [1.82, 2.24) is 0 Å². The highest BCUT2D eigenvalue weighted by molar-refractivity contribution is 7.18. The van der Waals surface area contributed by atoms with E-state index >= 15 is 0 Å². The van der Waals surface area contributed by atoms with Crippen LogP contribution >= 0.6 is 22.7 Å². The normalized spacial score (nSPS) is 11.2. The highest BCUT2D eigenvalue weighted by Crippen LogP contribution is 2.44. The minimum absolute atomic E-state index is 1.06. The predicted molar refractivity (Wildman–Crippen MR) is 352 cm³/mol. The molecular weight excluding hydrogens is 1030 g/mol. The van der Waals surface area contributed by atoms with Gasteiger partial charge in [0.25, 0.3) is 0 Å². The van der Waals surface area contributed by atoms with E-state index in [9.17, 15) is 0 Å². The van der Waals surface area contributed by atoms with Crippen molar-refractivity contribution in [3.8, 4) is 33.4 Å². The average Bonchev–Trinajstić information content (AvgIpc) is 4.35. The minimum atomic E-state index is 1.06. The Morgan fingerprint density at radius 3 is 0.622 bits per heavy atom. The number of rotatable bonds is 15. The molecule has 0 fully saturated rings. The van der Waals surface area contributed by atoms with Crippen molar-refractivity contribution in [2.24, 2.45) is 0 Å². The van der Waals surface area contributed by atoms with E-state index < -0.39 is 0 Å². The molecule has 12 aromatic carbocycles. The maximum atomic E-state index is 2.36. The molecule has 0 aliphatic carbocycles. The molecule has 2 aromatic heterocycles. The lowest BCUT2D eigenvalue weighted by molar-refractivity contribution is 1.25. The highest BCUT2D eigenvalue weighted by atomic mass is 32.1. The molecule has 0 unspecified atom stereocenters. The molecule has 0 atom stereocenters. The van der Waals surface area contributed by atoms with Crippen LogP contribution in [-0.2, 0) is 0 Å². The third-order valence-corrected chi connectivity index (χ3v) is 17.1. The first-order chi connectivity index (χ1) is 40.7. The monoisotopic (exact) mass is 1090 g/mol. The summed E-state index contributed by atoms with van der Waals surface area (Å²) in [5.41, 5.74) is 20.2. The van der Waals surface area contributed by atoms with Gasteiger partial charge in [-0.25, -0.2) is 0 Å². The van der Waals surface area contributed by atoms with Crippen molar-refractivity contribution < 1.29 is 0 Å². The van der Waals surface area contributed by atoms with E-state index in [2.05, 4.69) is 346 Å². The van der Waals surface area contributed by atoms with Crippen molar-refractivity contribution in [2.75, 3.05) is 19.6 Å². The van der Waals surface area contributed by atoms with Crippen molar-refractivity contribution >= 4 is 111 Å². The summed E-state index contributed by atoms with van der Waals surface area (Å²) in [5, 5.41) is 7.12. The number of benzene rings is 12. The van der Waals surface area contributed by atoms with Crippen LogP contribution in [0.15, 0.2) is 326 Å². The molecule has 82 heavy (non-hydrogen) atoms. The van der Waals surface area contributed by atoms with Crippen LogP contribution in [0.5, 0.6) is 0 Å². The van der Waals surface area contributed by atoms with Gasteiger partial charge in [0, 0.05) is 99.5 Å². The lowest BCUT2D eigenvalue weighted by Crippen LogP contribution is -2.12. The second-order valence-corrected chi connectivity index (χ2v) is 22.0. The van der Waals surface area contributed by atoms with Gasteiger partial charge in [-0.1, -0.05) is 158 Å². The van der Waals surface area contributed by atoms with Gasteiger partial charge in [-0.15, -0.1) is 22.7 Å². The minimum Gasteiger partial charge on any atom is -0.311 e. The summed E-state index contributed by atoms with van der Waals surface area (Å²) in [5.74, 6) is 0. The predicted octanol–water partition coefficient (Wildman–Crippen LogP) is 23.0. The summed E-state index contributed by atoms with van der Waals surface area (Å²) in [6.07, 6.45) is 0. The maximum Gasteiger partial charge on any atom is 0.0463 e. The van der Waals surface area contributed by atoms with Gasteiger partial charge in [-0.3, -0.25) is 0 Å². The van der Waals surface area contributed by atoms with Crippen molar-refractivity contribution in [3.05, 3.63) is 326 Å². The number of hydrogen-bond donors (Lipinski definition) is 0. The van der Waals surface area contributed by atoms with E-state index in [-0.39, 0.29) is 0 Å². The van der Waals surface area contributed by atoms with Crippen molar-refractivity contribution in [1.29, 1.82) is 0 Å². The zero-order valence-corrected chi connectivity index (χ0v) is 46.4. The molecule has 0 saturated heterocycles. The van der Waals surface area contributed by atoms with E-state index in [1.54, 1.807) is 22.7 Å². The molecule has 14 rings (SSSR count). The van der Waals surface area contributed by atoms with Gasteiger partial charge in [0.05, 0.1) is 0 Å². The Hall–Kier alpha value is -10.2. The number of para-hydroxylation sites is 4. The number of anilines is 12. The molecule has 4 nitrogen and oxygen atoms in total. The smallest absolute Gasteiger partial charge is 0.0463 e. The molecule has 0 spiro atoms. The SMILES string of the molecule is c1ccc(N(c2ccccc2)c2ccc(N(c3ccc(-c4ccc(N(c5ccc(-c6csc7ccccc67)cc5)c5ccc(N(c6ccccc6)c6ccccc6)cc5)cc4)cc3)c3ccc(-c4csc5ccccc45)cc3)cc2)cc1. The van der Waals surface area contributed by atoms with Gasteiger partial charge < -0.3 is 19.6 Å². The summed E-state index contributed by atoms with van der Waals surface area (Å²) in [4.78, 5) is 9.32. The van der Waals surface area contributed by atoms with E-state index in [1.165, 1.54) is 42.4 Å². The van der Waals surface area contributed by atoms with Gasteiger partial charge in [0.2, 0.25) is 0 Å². The first-order valence-electron chi connectivity index (χ1n) is 27.6. The third-order valence-electron chi connectivity index (χ3n) is 15.2. The van der Waals surface area contributed by atoms with Crippen LogP contribution in [0.1, 0.15) is 0 Å². The molecule has 2 heterocycles. The van der Waals surface area contributed by atoms with Crippen molar-refractivity contribution in [3.63, 3.8) is 0 Å². The lowest BCUT2D eigenvalue weighted by atomic mass is 10.0. The van der Waals surface area contributed by atoms with Crippen LogP contribution in [0.2, 0.25) is 0 Å². The summed E-state index contributed by atoms with van der Waals surface area (Å²) in [6, 6.07) is 114. The number of fused-ring (bicyclic) bond motifs is 2. The standard InChI is InChI=1S/C76H54N4S2/c1-5-17-59(18-6-1)77(60-19-7-2-8-20-60)67-45-49-69(50-46-67)79(65-41-33-57(34-42-65)73-53-81-75-27-15-13-25-71(73)75)63-37-29-55(30-38-63)56-31-39-64(40-32-56)80(66-43-35-58(36-44-66)74-54-82-76-28-16-14-26-72(74)76)70-51-47-68(48-52-70)78(61-21-9-3-10-22-61)62-23-11-4-12-24-62/h1-54H. The Bertz CT molecular complexity index is 4030. The Kier molecular flexibility index (Phi) is 13.7. The van der Waals surface area contributed by atoms with Gasteiger partial charge in [-0.2, -0.15) is 0 Å². The van der Waals surface area contributed by atoms with E-state index in [0.29, 0.717) is 0 Å². The third kappa shape index (κ3) is 9.98. The molecule has 0 bridgehead atoms. The molecule has 0 N–H and O–H groups in total. The molecule has 0 radical (unpaired) electrons. The van der Waals surface area contributed by atoms with Crippen LogP contribution in [-0.4, -0.2) is 0 Å². The molecule has 14 aromatic rings. The molecule has 0 saturated carbocycles. The molecule has 390 valence electrons. The fourth-order valence-electron chi connectivity index (χ4n) is 11.2. The fourth-order valence-corrected chi connectivity index (χ4v) is 13.1. The van der Waals surface area contributed by atoms with Crippen LogP contribution in [0.3, 0.4) is 0 Å². The summed E-state index contributed by atoms with van der Waals surface area (Å²) < 4.78 is 2.59. The second kappa shape index (κ2) is 22.5. The van der Waals surface area contributed by atoms with Gasteiger partial charge in [0.15, 0.2) is 0 Å². The zero-order valence-electron chi connectivity index (χ0n) is 44.8. The number of nitrogens with zero attached hydrogens (tertiary/aromatic N) is 4. The van der Waals surface area contributed by atoms with E-state index in [4.69, 9.17) is 0 Å². The Labute approximate surface area is 487 Å². The molecular formula is C76H54N4S2. The number of thiophene rings is 2. The van der Waals surface area contributed by atoms with Crippen LogP contribution < -0.4 is 19.6 Å². The maximum absolute atomic E-state index is 2.36. The largest absolute Gasteiger partial charge is 0.311 e. The van der Waals surface area contributed by atoms with Crippen LogP contribution in [0.4, 0.5) is 68.2 Å². The Morgan fingerprint density at radius 1 is 0.171 bits per heavy atom. The second-order valence-electron chi connectivity index (χ2n) is 20.2. The van der Waals surface area contributed by atoms with Crippen LogP contribution in [0.25, 0.3) is 53.6 Å². The molecule has 0 aliphatic rings. The van der Waals surface area contributed by atoms with E-state index in [0.717, 1.165) is 79.4 Å². The Balaban J connectivity index is 0.800. The van der Waals surface area contributed by atoms with Crippen LogP contribution in [0, 0.1) is 0 Å². The topological polar surface area (TPSA) is 13.0 Å². The fraction of sp³-hybridized carbons (Fsp3) is 0. The molecule has 6 heteroatoms. The van der Waals surface area contributed by atoms with Gasteiger partial charge in [0.1, 0.15) is 0 Å².